The van der Waals surface area contributed by atoms with Crippen LogP contribution in [-0.2, 0) is 14.3 Å². The predicted octanol–water partition coefficient (Wildman–Crippen LogP) is 14.6. The molecular weight excluding hydrogens is 641 g/mol. The molecule has 300 valence electrons. The molecule has 0 radical (unpaired) electrons. The van der Waals surface area contributed by atoms with Crippen LogP contribution in [0.4, 0.5) is 0 Å². The van der Waals surface area contributed by atoms with Gasteiger partial charge in [-0.2, -0.15) is 0 Å². The zero-order valence-corrected chi connectivity index (χ0v) is 34.3. The van der Waals surface area contributed by atoms with Crippen LogP contribution in [0.3, 0.4) is 0 Å². The summed E-state index contributed by atoms with van der Waals surface area (Å²) in [5, 5.41) is 9.61. The van der Waals surface area contributed by atoms with E-state index in [0.29, 0.717) is 13.0 Å². The first-order chi connectivity index (χ1) is 25.7. The Hall–Kier alpha value is -2.17. The molecule has 1 atom stereocenters. The molecule has 52 heavy (non-hydrogen) atoms. The molecule has 4 heteroatoms. The SMILES string of the molecule is CC/C=C\C/C=C\C/C=C\C/C=C\CCCCCCCCCCCCCOCC(CO)OC(=O)CCCCCCC/C=C\C/C=C\CCCCCC. The first-order valence-electron chi connectivity index (χ1n) is 22.0. The molecule has 1 unspecified atom stereocenters. The van der Waals surface area contributed by atoms with Crippen LogP contribution in [0.15, 0.2) is 72.9 Å². The normalized spacial score (nSPS) is 13.1. The lowest BCUT2D eigenvalue weighted by Crippen LogP contribution is -2.27. The molecule has 0 aliphatic rings. The van der Waals surface area contributed by atoms with Gasteiger partial charge in [-0.15, -0.1) is 0 Å². The summed E-state index contributed by atoms with van der Waals surface area (Å²) in [4.78, 5) is 12.2. The van der Waals surface area contributed by atoms with Gasteiger partial charge in [0.15, 0.2) is 0 Å². The smallest absolute Gasteiger partial charge is 0.306 e. The molecule has 1 N–H and O–H groups in total. The Labute approximate surface area is 323 Å². The summed E-state index contributed by atoms with van der Waals surface area (Å²) in [6.07, 6.45) is 61.1. The van der Waals surface area contributed by atoms with E-state index in [9.17, 15) is 9.90 Å². The number of unbranched alkanes of at least 4 members (excludes halogenated alkanes) is 20. The van der Waals surface area contributed by atoms with Crippen molar-refractivity contribution < 1.29 is 19.4 Å². The fourth-order valence-electron chi connectivity index (χ4n) is 6.00. The van der Waals surface area contributed by atoms with E-state index in [1.54, 1.807) is 0 Å². The molecule has 0 bridgehead atoms. The zero-order valence-electron chi connectivity index (χ0n) is 34.3. The van der Waals surface area contributed by atoms with E-state index in [0.717, 1.165) is 64.2 Å². The second kappa shape index (κ2) is 45.0. The number of allylic oxidation sites excluding steroid dienone is 12. The highest BCUT2D eigenvalue weighted by atomic mass is 16.6. The summed E-state index contributed by atoms with van der Waals surface area (Å²) in [6, 6.07) is 0. The Morgan fingerprint density at radius 1 is 0.481 bits per heavy atom. The molecule has 0 amide bonds. The van der Waals surface area contributed by atoms with Crippen molar-refractivity contribution in [2.75, 3.05) is 19.8 Å². The molecular formula is C48H84O4. The second-order valence-electron chi connectivity index (χ2n) is 14.4. The quantitative estimate of drug-likeness (QED) is 0.0388. The van der Waals surface area contributed by atoms with Crippen molar-refractivity contribution in [3.63, 3.8) is 0 Å². The summed E-state index contributed by atoms with van der Waals surface area (Å²) in [5.41, 5.74) is 0. The van der Waals surface area contributed by atoms with Crippen LogP contribution >= 0.6 is 0 Å². The van der Waals surface area contributed by atoms with E-state index in [4.69, 9.17) is 9.47 Å². The van der Waals surface area contributed by atoms with E-state index in [-0.39, 0.29) is 19.2 Å². The lowest BCUT2D eigenvalue weighted by molar-refractivity contribution is -0.154. The number of hydrogen-bond acceptors (Lipinski definition) is 4. The number of carbonyl (C=O) groups excluding carboxylic acids is 1. The summed E-state index contributed by atoms with van der Waals surface area (Å²) >= 11 is 0. The number of esters is 1. The van der Waals surface area contributed by atoms with Gasteiger partial charge in [-0.3, -0.25) is 4.79 Å². The van der Waals surface area contributed by atoms with Crippen LogP contribution in [0.5, 0.6) is 0 Å². The van der Waals surface area contributed by atoms with Gasteiger partial charge in [0, 0.05) is 13.0 Å². The van der Waals surface area contributed by atoms with Crippen LogP contribution in [-0.4, -0.2) is 37.0 Å². The van der Waals surface area contributed by atoms with Crippen molar-refractivity contribution in [1.29, 1.82) is 0 Å². The van der Waals surface area contributed by atoms with Gasteiger partial charge in [-0.25, -0.2) is 0 Å². The van der Waals surface area contributed by atoms with Gasteiger partial charge in [0.1, 0.15) is 6.10 Å². The average Bonchev–Trinajstić information content (AvgIpc) is 3.15. The Morgan fingerprint density at radius 2 is 0.865 bits per heavy atom. The molecule has 0 fully saturated rings. The predicted molar refractivity (Wildman–Crippen MR) is 228 cm³/mol. The molecule has 4 nitrogen and oxygen atoms in total. The van der Waals surface area contributed by atoms with Gasteiger partial charge in [-0.05, 0) is 83.5 Å². The maximum atomic E-state index is 12.2. The minimum atomic E-state index is -0.546. The molecule has 0 saturated carbocycles. The molecule has 0 aromatic rings. The molecule has 0 rings (SSSR count). The van der Waals surface area contributed by atoms with Gasteiger partial charge in [0.25, 0.3) is 0 Å². The fraction of sp³-hybridized carbons (Fsp3) is 0.729. The highest BCUT2D eigenvalue weighted by molar-refractivity contribution is 5.69. The van der Waals surface area contributed by atoms with Crippen molar-refractivity contribution >= 4 is 5.97 Å². The first kappa shape index (κ1) is 49.8. The standard InChI is InChI=1S/C48H84O4/c1-3-5-7-9-11-13-15-17-19-21-22-23-24-25-26-27-28-30-32-34-36-38-40-42-44-51-46-47(45-49)52-48(50)43-41-39-37-35-33-31-29-20-18-16-14-12-10-8-6-4-2/h5,7,11,13-14,16-17,19-20,22-23,29,47,49H,3-4,6,8-10,12,15,18,21,24-28,30-46H2,1-2H3/b7-5-,13-11-,16-14-,19-17-,23-22-,29-20-. The monoisotopic (exact) mass is 725 g/mol. The van der Waals surface area contributed by atoms with Crippen molar-refractivity contribution in [2.24, 2.45) is 0 Å². The fourth-order valence-corrected chi connectivity index (χ4v) is 6.00. The van der Waals surface area contributed by atoms with E-state index in [1.807, 2.05) is 0 Å². The largest absolute Gasteiger partial charge is 0.457 e. The average molecular weight is 725 g/mol. The van der Waals surface area contributed by atoms with Gasteiger partial charge in [0.2, 0.25) is 0 Å². The third kappa shape index (κ3) is 42.2. The number of aliphatic hydroxyl groups is 1. The highest BCUT2D eigenvalue weighted by Crippen LogP contribution is 2.13. The number of carbonyl (C=O) groups is 1. The van der Waals surface area contributed by atoms with Crippen LogP contribution < -0.4 is 0 Å². The summed E-state index contributed by atoms with van der Waals surface area (Å²) in [7, 11) is 0. The van der Waals surface area contributed by atoms with Crippen LogP contribution in [0.25, 0.3) is 0 Å². The zero-order chi connectivity index (χ0) is 37.7. The number of hydrogen-bond donors (Lipinski definition) is 1. The third-order valence-electron chi connectivity index (χ3n) is 9.27. The Bertz CT molecular complexity index is 896. The maximum absolute atomic E-state index is 12.2. The van der Waals surface area contributed by atoms with Crippen LogP contribution in [0.1, 0.15) is 200 Å². The topological polar surface area (TPSA) is 55.8 Å². The van der Waals surface area contributed by atoms with Crippen molar-refractivity contribution in [2.45, 2.75) is 206 Å². The van der Waals surface area contributed by atoms with Gasteiger partial charge < -0.3 is 14.6 Å². The number of ether oxygens (including phenoxy) is 2. The van der Waals surface area contributed by atoms with Crippen molar-refractivity contribution in [1.82, 2.24) is 0 Å². The lowest BCUT2D eigenvalue weighted by Gasteiger charge is -2.15. The summed E-state index contributed by atoms with van der Waals surface area (Å²) in [5.74, 6) is -0.217. The summed E-state index contributed by atoms with van der Waals surface area (Å²) < 4.78 is 11.2. The number of rotatable bonds is 40. The van der Waals surface area contributed by atoms with Gasteiger partial charge >= 0.3 is 5.97 Å². The minimum Gasteiger partial charge on any atom is -0.457 e. The Balaban J connectivity index is 3.46. The van der Waals surface area contributed by atoms with E-state index < -0.39 is 6.10 Å². The van der Waals surface area contributed by atoms with Crippen molar-refractivity contribution in [3.05, 3.63) is 72.9 Å². The van der Waals surface area contributed by atoms with Crippen LogP contribution in [0.2, 0.25) is 0 Å². The molecule has 0 aliphatic carbocycles. The second-order valence-corrected chi connectivity index (χ2v) is 14.4. The van der Waals surface area contributed by atoms with E-state index in [1.165, 1.54) is 116 Å². The Morgan fingerprint density at radius 3 is 1.31 bits per heavy atom. The molecule has 0 aromatic heterocycles. The van der Waals surface area contributed by atoms with E-state index in [2.05, 4.69) is 86.8 Å². The van der Waals surface area contributed by atoms with Crippen LogP contribution in [0, 0.1) is 0 Å². The molecule has 0 spiro atoms. The third-order valence-corrected chi connectivity index (χ3v) is 9.27. The lowest BCUT2D eigenvalue weighted by atomic mass is 10.1. The highest BCUT2D eigenvalue weighted by Gasteiger charge is 2.13. The first-order valence-corrected chi connectivity index (χ1v) is 22.0. The van der Waals surface area contributed by atoms with E-state index >= 15 is 0 Å². The maximum Gasteiger partial charge on any atom is 0.306 e. The van der Waals surface area contributed by atoms with Crippen molar-refractivity contribution in [3.8, 4) is 0 Å². The number of aliphatic hydroxyl groups excluding tert-OH is 1. The molecule has 0 heterocycles. The Kier molecular flexibility index (Phi) is 43.1. The minimum absolute atomic E-state index is 0.181. The van der Waals surface area contributed by atoms with Gasteiger partial charge in [0.05, 0.1) is 13.2 Å². The molecule has 0 saturated heterocycles. The summed E-state index contributed by atoms with van der Waals surface area (Å²) in [6.45, 7) is 5.19. The molecule has 0 aliphatic heterocycles. The van der Waals surface area contributed by atoms with Gasteiger partial charge in [-0.1, -0.05) is 183 Å². The molecule has 0 aromatic carbocycles.